The molecule has 0 aromatic heterocycles. The lowest BCUT2D eigenvalue weighted by Gasteiger charge is -2.31. The highest BCUT2D eigenvalue weighted by Gasteiger charge is 2.42. The molecule has 1 saturated heterocycles. The highest BCUT2D eigenvalue weighted by Crippen LogP contribution is 2.55. The maximum absolute atomic E-state index is 11.6. The van der Waals surface area contributed by atoms with Crippen molar-refractivity contribution in [3.63, 3.8) is 0 Å². The molecule has 1 atom stereocenters. The van der Waals surface area contributed by atoms with Gasteiger partial charge in [0.2, 0.25) is 0 Å². The van der Waals surface area contributed by atoms with Gasteiger partial charge in [0.25, 0.3) is 0 Å². The summed E-state index contributed by atoms with van der Waals surface area (Å²) in [4.78, 5) is 2.28. The number of hydrogen-bond donors (Lipinski definition) is 2. The van der Waals surface area contributed by atoms with Gasteiger partial charge in [0, 0.05) is 41.2 Å². The van der Waals surface area contributed by atoms with Crippen LogP contribution in [-0.4, -0.2) is 43.6 Å². The Labute approximate surface area is 170 Å². The molecule has 1 aliphatic carbocycles. The van der Waals surface area contributed by atoms with Crippen LogP contribution in [0.2, 0.25) is 0 Å². The molecule has 2 aliphatic rings. The van der Waals surface area contributed by atoms with Gasteiger partial charge in [-0.2, -0.15) is 0 Å². The Bertz CT molecular complexity index is 1100. The summed E-state index contributed by atoms with van der Waals surface area (Å²) < 4.78 is 11.1. The Kier molecular flexibility index (Phi) is 4.19. The second-order valence-electron chi connectivity index (χ2n) is 7.75. The van der Waals surface area contributed by atoms with E-state index in [4.69, 9.17) is 9.47 Å². The summed E-state index contributed by atoms with van der Waals surface area (Å²) in [5.74, 6) is 0.859. The molecule has 150 valence electrons. The highest BCUT2D eigenvalue weighted by molar-refractivity contribution is 6.11. The monoisotopic (exact) mass is 391 g/mol. The number of fused-ring (bicyclic) bond motifs is 5. The Morgan fingerprint density at radius 1 is 1.10 bits per heavy atom. The Morgan fingerprint density at radius 2 is 1.86 bits per heavy atom. The number of phenols is 1. The fourth-order valence-electron chi connectivity index (χ4n) is 4.85. The number of benzene rings is 3. The van der Waals surface area contributed by atoms with E-state index in [0.717, 1.165) is 51.8 Å². The maximum atomic E-state index is 11.6. The number of rotatable bonds is 3. The summed E-state index contributed by atoms with van der Waals surface area (Å²) in [6.45, 7) is 4.84. The van der Waals surface area contributed by atoms with Crippen molar-refractivity contribution in [2.75, 3.05) is 38.3 Å². The van der Waals surface area contributed by atoms with Crippen LogP contribution in [-0.2, 0) is 10.3 Å². The summed E-state index contributed by atoms with van der Waals surface area (Å²) in [7, 11) is 1.64. The topological polar surface area (TPSA) is 62.2 Å². The average molecular weight is 391 g/mol. The van der Waals surface area contributed by atoms with E-state index in [-0.39, 0.29) is 5.75 Å². The summed E-state index contributed by atoms with van der Waals surface area (Å²) in [6, 6.07) is 13.6. The molecule has 0 amide bonds. The molecule has 1 unspecified atom stereocenters. The summed E-state index contributed by atoms with van der Waals surface area (Å²) in [6.07, 6.45) is 0.533. The van der Waals surface area contributed by atoms with Crippen LogP contribution < -0.4 is 9.64 Å². The van der Waals surface area contributed by atoms with Crippen molar-refractivity contribution < 1.29 is 19.7 Å². The van der Waals surface area contributed by atoms with Crippen LogP contribution >= 0.6 is 0 Å². The van der Waals surface area contributed by atoms with E-state index in [2.05, 4.69) is 11.0 Å². The van der Waals surface area contributed by atoms with Gasteiger partial charge in [0.05, 0.1) is 20.3 Å². The smallest absolute Gasteiger partial charge is 0.124 e. The number of aromatic hydroxyl groups is 1. The number of hydrogen-bond acceptors (Lipinski definition) is 5. The van der Waals surface area contributed by atoms with Crippen LogP contribution in [0.15, 0.2) is 42.5 Å². The molecule has 0 bridgehead atoms. The third kappa shape index (κ3) is 2.54. The first-order valence-electron chi connectivity index (χ1n) is 10.1. The summed E-state index contributed by atoms with van der Waals surface area (Å²) >= 11 is 0. The Hall–Kier alpha value is -2.76. The third-order valence-corrected chi connectivity index (χ3v) is 6.35. The minimum absolute atomic E-state index is 0.159. The van der Waals surface area contributed by atoms with E-state index < -0.39 is 5.60 Å². The molecule has 5 rings (SSSR count). The molecule has 0 spiro atoms. The number of phenolic OH excluding ortho intramolecular Hbond substituents is 1. The van der Waals surface area contributed by atoms with Crippen LogP contribution in [0, 0.1) is 0 Å². The molecular formula is C24H25NO4. The van der Waals surface area contributed by atoms with E-state index in [1.165, 1.54) is 0 Å². The van der Waals surface area contributed by atoms with Gasteiger partial charge >= 0.3 is 0 Å². The lowest BCUT2D eigenvalue weighted by Crippen LogP contribution is -2.36. The summed E-state index contributed by atoms with van der Waals surface area (Å²) in [5, 5.41) is 24.3. The SMILES string of the molecule is CCC1(O)c2ccccc2-c2c1cc(O)c1cc(OC)cc(N3CCOCC3)c21. The van der Waals surface area contributed by atoms with E-state index in [0.29, 0.717) is 25.4 Å². The van der Waals surface area contributed by atoms with E-state index in [9.17, 15) is 10.2 Å². The standard InChI is InChI=1S/C24H25NO4/c1-3-24(27)18-7-5-4-6-16(18)22-19(24)14-21(26)17-12-15(28-2)13-20(23(17)22)25-8-10-29-11-9-25/h4-7,12-14,26-27H,3,8-11H2,1-2H3. The van der Waals surface area contributed by atoms with E-state index in [1.807, 2.05) is 37.3 Å². The number of morpholine rings is 1. The van der Waals surface area contributed by atoms with Crippen LogP contribution in [0.3, 0.4) is 0 Å². The molecule has 2 N–H and O–H groups in total. The zero-order valence-electron chi connectivity index (χ0n) is 16.7. The number of ether oxygens (including phenoxy) is 2. The van der Waals surface area contributed by atoms with Gasteiger partial charge in [-0.25, -0.2) is 0 Å². The fraction of sp³-hybridized carbons (Fsp3) is 0.333. The molecule has 1 fully saturated rings. The molecule has 0 radical (unpaired) electrons. The maximum Gasteiger partial charge on any atom is 0.124 e. The number of nitrogens with zero attached hydrogens (tertiary/aromatic N) is 1. The van der Waals surface area contributed by atoms with Crippen LogP contribution in [0.4, 0.5) is 5.69 Å². The Morgan fingerprint density at radius 3 is 2.59 bits per heavy atom. The van der Waals surface area contributed by atoms with Gasteiger partial charge in [0.15, 0.2) is 0 Å². The minimum Gasteiger partial charge on any atom is -0.507 e. The largest absolute Gasteiger partial charge is 0.507 e. The molecule has 0 saturated carbocycles. The van der Waals surface area contributed by atoms with Gasteiger partial charge < -0.3 is 24.6 Å². The second-order valence-corrected chi connectivity index (χ2v) is 7.75. The number of anilines is 1. The molecular weight excluding hydrogens is 366 g/mol. The first kappa shape index (κ1) is 18.3. The van der Waals surface area contributed by atoms with Crippen molar-refractivity contribution in [1.29, 1.82) is 0 Å². The van der Waals surface area contributed by atoms with Gasteiger partial charge in [-0.05, 0) is 35.2 Å². The second kappa shape index (κ2) is 6.65. The van der Waals surface area contributed by atoms with Crippen molar-refractivity contribution in [3.05, 3.63) is 53.6 Å². The van der Waals surface area contributed by atoms with Crippen LogP contribution in [0.25, 0.3) is 21.9 Å². The molecule has 5 nitrogen and oxygen atoms in total. The van der Waals surface area contributed by atoms with Crippen molar-refractivity contribution in [1.82, 2.24) is 0 Å². The lowest BCUT2D eigenvalue weighted by molar-refractivity contribution is 0.0812. The zero-order valence-corrected chi connectivity index (χ0v) is 16.7. The third-order valence-electron chi connectivity index (χ3n) is 6.35. The fourth-order valence-corrected chi connectivity index (χ4v) is 4.85. The van der Waals surface area contributed by atoms with Crippen molar-refractivity contribution in [3.8, 4) is 22.6 Å². The van der Waals surface area contributed by atoms with Crippen LogP contribution in [0.1, 0.15) is 24.5 Å². The van der Waals surface area contributed by atoms with Crippen molar-refractivity contribution in [2.24, 2.45) is 0 Å². The van der Waals surface area contributed by atoms with E-state index >= 15 is 0 Å². The van der Waals surface area contributed by atoms with Crippen molar-refractivity contribution >= 4 is 16.5 Å². The lowest BCUT2D eigenvalue weighted by atomic mass is 9.87. The normalized spacial score (nSPS) is 20.6. The zero-order chi connectivity index (χ0) is 20.2. The number of methoxy groups -OCH3 is 1. The summed E-state index contributed by atoms with van der Waals surface area (Å²) in [5.41, 5.74) is 3.59. The molecule has 29 heavy (non-hydrogen) atoms. The molecule has 3 aromatic rings. The number of aliphatic hydroxyl groups is 1. The Balaban J connectivity index is 1.91. The average Bonchev–Trinajstić information content (AvgIpc) is 3.03. The predicted octanol–water partition coefficient (Wildman–Crippen LogP) is 4.02. The predicted molar refractivity (Wildman–Crippen MR) is 114 cm³/mol. The van der Waals surface area contributed by atoms with Crippen LogP contribution in [0.5, 0.6) is 11.5 Å². The molecule has 5 heteroatoms. The van der Waals surface area contributed by atoms with Crippen molar-refractivity contribution in [2.45, 2.75) is 18.9 Å². The van der Waals surface area contributed by atoms with Gasteiger partial charge in [-0.1, -0.05) is 31.2 Å². The van der Waals surface area contributed by atoms with Gasteiger partial charge in [-0.3, -0.25) is 0 Å². The molecule has 3 aromatic carbocycles. The van der Waals surface area contributed by atoms with Gasteiger partial charge in [-0.15, -0.1) is 0 Å². The molecule has 1 aliphatic heterocycles. The minimum atomic E-state index is -1.11. The first-order chi connectivity index (χ1) is 14.1. The highest BCUT2D eigenvalue weighted by atomic mass is 16.5. The molecule has 1 heterocycles. The van der Waals surface area contributed by atoms with E-state index in [1.54, 1.807) is 13.2 Å². The quantitative estimate of drug-likeness (QED) is 0.706. The van der Waals surface area contributed by atoms with Gasteiger partial charge in [0.1, 0.15) is 17.1 Å². The first-order valence-corrected chi connectivity index (χ1v) is 10.1.